The summed E-state index contributed by atoms with van der Waals surface area (Å²) in [4.78, 5) is 18.1. The monoisotopic (exact) mass is 440 g/mol. The molecule has 0 saturated carbocycles. The zero-order valence-electron chi connectivity index (χ0n) is 15.1. The quantitative estimate of drug-likeness (QED) is 0.400. The Morgan fingerprint density at radius 1 is 1.35 bits per heavy atom. The molecule has 0 aromatic carbocycles. The summed E-state index contributed by atoms with van der Waals surface area (Å²) >= 11 is 0. The number of ether oxygens (including phenoxy) is 1. The number of amides is 1. The highest BCUT2D eigenvalue weighted by Gasteiger charge is 2.26. The van der Waals surface area contributed by atoms with Crippen LogP contribution in [0.25, 0.3) is 0 Å². The van der Waals surface area contributed by atoms with Gasteiger partial charge in [0.25, 0.3) is 0 Å². The van der Waals surface area contributed by atoms with Gasteiger partial charge in [-0.25, -0.2) is 4.79 Å². The van der Waals surface area contributed by atoms with Gasteiger partial charge in [0.15, 0.2) is 5.96 Å². The summed E-state index contributed by atoms with van der Waals surface area (Å²) in [6.07, 6.45) is 1.71. The molecule has 0 radical (unpaired) electrons. The average Bonchev–Trinajstić information content (AvgIpc) is 2.41. The number of likely N-dealkylation sites (tertiary alicyclic amines) is 1. The molecule has 6 nitrogen and oxygen atoms in total. The van der Waals surface area contributed by atoms with E-state index in [4.69, 9.17) is 10.5 Å². The largest absolute Gasteiger partial charge is 0.444 e. The van der Waals surface area contributed by atoms with E-state index in [1.807, 2.05) is 20.8 Å². The number of hydrogen-bond acceptors (Lipinski definition) is 3. The van der Waals surface area contributed by atoms with E-state index in [0.717, 1.165) is 39.0 Å². The van der Waals surface area contributed by atoms with Crippen LogP contribution in [-0.4, -0.2) is 48.7 Å². The van der Waals surface area contributed by atoms with Gasteiger partial charge in [-0.3, -0.25) is 4.99 Å². The Kier molecular flexibility index (Phi) is 9.88. The Bertz CT molecular complexity index is 386. The number of carbonyl (C=O) groups is 1. The van der Waals surface area contributed by atoms with Crippen LogP contribution in [0.15, 0.2) is 4.99 Å². The number of nitrogens with zero attached hydrogens (tertiary/aromatic N) is 2. The minimum Gasteiger partial charge on any atom is -0.444 e. The van der Waals surface area contributed by atoms with Crippen LogP contribution in [0.2, 0.25) is 0 Å². The molecule has 1 aliphatic rings. The van der Waals surface area contributed by atoms with Crippen LogP contribution in [-0.2, 0) is 4.74 Å². The molecule has 23 heavy (non-hydrogen) atoms. The fourth-order valence-corrected chi connectivity index (χ4v) is 2.23. The normalized spacial score (nSPS) is 17.0. The lowest BCUT2D eigenvalue weighted by molar-refractivity contribution is 0.0185. The van der Waals surface area contributed by atoms with Crippen LogP contribution in [0.4, 0.5) is 4.79 Å². The lowest BCUT2D eigenvalue weighted by Gasteiger charge is -2.33. The molecule has 1 rings (SSSR count). The number of rotatable bonds is 4. The van der Waals surface area contributed by atoms with Crippen molar-refractivity contribution in [2.45, 2.75) is 53.1 Å². The zero-order chi connectivity index (χ0) is 16.8. The van der Waals surface area contributed by atoms with Crippen molar-refractivity contribution in [3.8, 4) is 0 Å². The number of carbonyl (C=O) groups excluding carboxylic acids is 1. The van der Waals surface area contributed by atoms with Gasteiger partial charge in [-0.2, -0.15) is 0 Å². The molecule has 1 amide bonds. The van der Waals surface area contributed by atoms with E-state index in [0.29, 0.717) is 17.8 Å². The Hall–Kier alpha value is -0.730. The van der Waals surface area contributed by atoms with Crippen LogP contribution in [0.3, 0.4) is 0 Å². The molecule has 136 valence electrons. The van der Waals surface area contributed by atoms with Crippen LogP contribution in [0.1, 0.15) is 47.5 Å². The highest BCUT2D eigenvalue weighted by atomic mass is 127. The third kappa shape index (κ3) is 9.88. The lowest BCUT2D eigenvalue weighted by Crippen LogP contribution is -2.44. The molecule has 0 aliphatic carbocycles. The van der Waals surface area contributed by atoms with Gasteiger partial charge >= 0.3 is 6.09 Å². The van der Waals surface area contributed by atoms with E-state index in [-0.39, 0.29) is 30.1 Å². The van der Waals surface area contributed by atoms with Crippen molar-refractivity contribution < 1.29 is 9.53 Å². The van der Waals surface area contributed by atoms with E-state index < -0.39 is 5.60 Å². The van der Waals surface area contributed by atoms with Crippen molar-refractivity contribution in [3.63, 3.8) is 0 Å². The van der Waals surface area contributed by atoms with Crippen molar-refractivity contribution in [2.75, 3.05) is 26.2 Å². The molecule has 0 aromatic heterocycles. The molecule has 1 saturated heterocycles. The minimum atomic E-state index is -0.434. The summed E-state index contributed by atoms with van der Waals surface area (Å²) in [5.41, 5.74) is 5.40. The number of guanidine groups is 1. The summed E-state index contributed by atoms with van der Waals surface area (Å²) < 4.78 is 5.40. The smallest absolute Gasteiger partial charge is 0.410 e. The maximum Gasteiger partial charge on any atom is 0.410 e. The number of hydrogen-bond donors (Lipinski definition) is 2. The summed E-state index contributed by atoms with van der Waals surface area (Å²) in [5.74, 6) is 1.55. The first-order chi connectivity index (χ1) is 10.2. The van der Waals surface area contributed by atoms with Crippen molar-refractivity contribution in [1.82, 2.24) is 10.2 Å². The van der Waals surface area contributed by atoms with Gasteiger partial charge in [-0.1, -0.05) is 13.8 Å². The predicted octanol–water partition coefficient (Wildman–Crippen LogP) is 2.81. The van der Waals surface area contributed by atoms with Crippen molar-refractivity contribution in [2.24, 2.45) is 22.6 Å². The third-order valence-electron chi connectivity index (χ3n) is 3.46. The third-order valence-corrected chi connectivity index (χ3v) is 3.46. The fraction of sp³-hybridized carbons (Fsp3) is 0.875. The topological polar surface area (TPSA) is 80.0 Å². The first kappa shape index (κ1) is 22.3. The predicted molar refractivity (Wildman–Crippen MR) is 105 cm³/mol. The molecule has 0 unspecified atom stereocenters. The first-order valence-corrected chi connectivity index (χ1v) is 8.19. The maximum atomic E-state index is 12.0. The van der Waals surface area contributed by atoms with Gasteiger partial charge in [-0.05, 0) is 45.4 Å². The van der Waals surface area contributed by atoms with E-state index in [9.17, 15) is 4.79 Å². The number of halogens is 1. The first-order valence-electron chi connectivity index (χ1n) is 8.19. The second kappa shape index (κ2) is 10.2. The number of piperidine rings is 1. The Balaban J connectivity index is 0.00000484. The van der Waals surface area contributed by atoms with Crippen LogP contribution < -0.4 is 11.1 Å². The van der Waals surface area contributed by atoms with E-state index in [2.05, 4.69) is 24.2 Å². The molecule has 0 aromatic rings. The molecule has 0 spiro atoms. The molecule has 1 aliphatic heterocycles. The number of nitrogens with one attached hydrogen (secondary N) is 1. The van der Waals surface area contributed by atoms with Gasteiger partial charge < -0.3 is 20.7 Å². The second-order valence-corrected chi connectivity index (χ2v) is 7.41. The fourth-order valence-electron chi connectivity index (χ4n) is 2.23. The van der Waals surface area contributed by atoms with Crippen molar-refractivity contribution in [3.05, 3.63) is 0 Å². The Labute approximate surface area is 157 Å². The minimum absolute atomic E-state index is 0. The lowest BCUT2D eigenvalue weighted by atomic mass is 9.97. The molecule has 1 fully saturated rings. The highest BCUT2D eigenvalue weighted by Crippen LogP contribution is 2.19. The van der Waals surface area contributed by atoms with Gasteiger partial charge in [0.2, 0.25) is 0 Å². The average molecular weight is 440 g/mol. The molecular formula is C16H33IN4O2. The molecular weight excluding hydrogens is 407 g/mol. The molecule has 7 heteroatoms. The van der Waals surface area contributed by atoms with Gasteiger partial charge in [-0.15, -0.1) is 24.0 Å². The van der Waals surface area contributed by atoms with Gasteiger partial charge in [0.1, 0.15) is 5.60 Å². The van der Waals surface area contributed by atoms with E-state index in [1.165, 1.54) is 0 Å². The summed E-state index contributed by atoms with van der Waals surface area (Å²) in [6, 6.07) is 0. The Morgan fingerprint density at radius 2 is 1.91 bits per heavy atom. The summed E-state index contributed by atoms with van der Waals surface area (Å²) in [7, 11) is 0. The van der Waals surface area contributed by atoms with Crippen LogP contribution >= 0.6 is 24.0 Å². The molecule has 1 heterocycles. The van der Waals surface area contributed by atoms with Gasteiger partial charge in [0.05, 0.1) is 0 Å². The standard InChI is InChI=1S/C16H32N4O2.HI/c1-12(2)10-18-14(17)19-11-13-6-8-20(9-7-13)15(21)22-16(3,4)5;/h12-13H,6-11H2,1-5H3,(H3,17,18,19);1H. The Morgan fingerprint density at radius 3 is 2.39 bits per heavy atom. The van der Waals surface area contributed by atoms with E-state index in [1.54, 1.807) is 4.90 Å². The molecule has 3 N–H and O–H groups in total. The van der Waals surface area contributed by atoms with Crippen LogP contribution in [0, 0.1) is 11.8 Å². The maximum absolute atomic E-state index is 12.0. The second-order valence-electron chi connectivity index (χ2n) is 7.41. The number of aliphatic imine (C=N–C) groups is 1. The summed E-state index contributed by atoms with van der Waals surface area (Å²) in [5, 5.41) is 3.18. The van der Waals surface area contributed by atoms with E-state index >= 15 is 0 Å². The SMILES string of the molecule is CC(C)CN=C(N)NCC1CCN(C(=O)OC(C)(C)C)CC1.I. The van der Waals surface area contributed by atoms with Crippen molar-refractivity contribution in [1.29, 1.82) is 0 Å². The molecule has 0 atom stereocenters. The zero-order valence-corrected chi connectivity index (χ0v) is 17.4. The van der Waals surface area contributed by atoms with Gasteiger partial charge in [0, 0.05) is 26.2 Å². The summed E-state index contributed by atoms with van der Waals surface area (Å²) in [6.45, 7) is 12.9. The highest BCUT2D eigenvalue weighted by molar-refractivity contribution is 14.0. The number of nitrogens with two attached hydrogens (primary N) is 1. The molecule has 0 bridgehead atoms. The van der Waals surface area contributed by atoms with Crippen LogP contribution in [0.5, 0.6) is 0 Å². The van der Waals surface area contributed by atoms with Crippen molar-refractivity contribution >= 4 is 36.0 Å².